The lowest BCUT2D eigenvalue weighted by Crippen LogP contribution is -2.12. The van der Waals surface area contributed by atoms with Gasteiger partial charge in [-0.2, -0.15) is 0 Å². The molecule has 0 aliphatic rings. The summed E-state index contributed by atoms with van der Waals surface area (Å²) in [7, 11) is 0. The Morgan fingerprint density at radius 2 is 1.74 bits per heavy atom. The summed E-state index contributed by atoms with van der Waals surface area (Å²) < 4.78 is 2.57. The van der Waals surface area contributed by atoms with Gasteiger partial charge in [-0.1, -0.05) is 0 Å². The first-order chi connectivity index (χ1) is 8.90. The quantitative estimate of drug-likeness (QED) is 0.925. The minimum atomic E-state index is -0.972. The van der Waals surface area contributed by atoms with Crippen molar-refractivity contribution in [3.63, 3.8) is 0 Å². The summed E-state index contributed by atoms with van der Waals surface area (Å²) in [5.41, 5.74) is 2.58. The maximum Gasteiger partial charge on any atom is 0.335 e. The molecule has 2 rings (SSSR count). The SMILES string of the molecule is Cc1cc(=O)cc(C)n1-c1ccc(C(=O)O)cc1Br. The molecule has 0 atom stereocenters. The van der Waals surface area contributed by atoms with Crippen molar-refractivity contribution < 1.29 is 9.90 Å². The predicted molar refractivity (Wildman–Crippen MR) is 76.2 cm³/mol. The zero-order valence-corrected chi connectivity index (χ0v) is 12.1. The Labute approximate surface area is 118 Å². The minimum Gasteiger partial charge on any atom is -0.478 e. The van der Waals surface area contributed by atoms with Gasteiger partial charge in [0.1, 0.15) is 0 Å². The molecule has 0 aliphatic heterocycles. The van der Waals surface area contributed by atoms with Crippen molar-refractivity contribution in [2.75, 3.05) is 0 Å². The maximum atomic E-state index is 11.4. The van der Waals surface area contributed by atoms with Crippen LogP contribution in [0.25, 0.3) is 5.69 Å². The number of aromatic nitrogens is 1. The van der Waals surface area contributed by atoms with Gasteiger partial charge in [-0.05, 0) is 48.0 Å². The summed E-state index contributed by atoms with van der Waals surface area (Å²) in [5, 5.41) is 8.95. The van der Waals surface area contributed by atoms with Gasteiger partial charge in [0.25, 0.3) is 0 Å². The normalized spacial score (nSPS) is 10.5. The molecule has 0 amide bonds. The fourth-order valence-corrected chi connectivity index (χ4v) is 2.62. The molecule has 5 heteroatoms. The van der Waals surface area contributed by atoms with Gasteiger partial charge in [-0.3, -0.25) is 4.79 Å². The van der Waals surface area contributed by atoms with Crippen LogP contribution in [0.2, 0.25) is 0 Å². The molecular formula is C14H12BrNO3. The Morgan fingerprint density at radius 3 is 2.21 bits per heavy atom. The molecule has 0 saturated carbocycles. The number of hydrogen-bond acceptors (Lipinski definition) is 2. The lowest BCUT2D eigenvalue weighted by atomic mass is 10.2. The fourth-order valence-electron chi connectivity index (χ4n) is 2.06. The molecule has 4 nitrogen and oxygen atoms in total. The molecule has 0 radical (unpaired) electrons. The maximum absolute atomic E-state index is 11.4. The van der Waals surface area contributed by atoms with E-state index in [-0.39, 0.29) is 11.0 Å². The third kappa shape index (κ3) is 2.61. The number of rotatable bonds is 2. The minimum absolute atomic E-state index is 0.0375. The van der Waals surface area contributed by atoms with Crippen LogP contribution in [0.4, 0.5) is 0 Å². The summed E-state index contributed by atoms with van der Waals surface area (Å²) in [4.78, 5) is 22.3. The number of hydrogen-bond donors (Lipinski definition) is 1. The van der Waals surface area contributed by atoms with Crippen molar-refractivity contribution in [1.82, 2.24) is 4.57 Å². The number of aryl methyl sites for hydroxylation is 2. The predicted octanol–water partition coefficient (Wildman–Crippen LogP) is 2.92. The van der Waals surface area contributed by atoms with Crippen molar-refractivity contribution in [1.29, 1.82) is 0 Å². The van der Waals surface area contributed by atoms with E-state index in [4.69, 9.17) is 5.11 Å². The van der Waals surface area contributed by atoms with Crippen molar-refractivity contribution in [2.45, 2.75) is 13.8 Å². The zero-order valence-electron chi connectivity index (χ0n) is 10.5. The molecule has 2 aromatic rings. The van der Waals surface area contributed by atoms with Gasteiger partial charge in [0.15, 0.2) is 5.43 Å². The smallest absolute Gasteiger partial charge is 0.335 e. The highest BCUT2D eigenvalue weighted by Crippen LogP contribution is 2.24. The number of pyridine rings is 1. The molecule has 1 aromatic heterocycles. The number of nitrogens with zero attached hydrogens (tertiary/aromatic N) is 1. The molecule has 1 aromatic carbocycles. The number of halogens is 1. The van der Waals surface area contributed by atoms with Gasteiger partial charge >= 0.3 is 5.97 Å². The highest BCUT2D eigenvalue weighted by Gasteiger charge is 2.10. The molecule has 0 bridgehead atoms. The van der Waals surface area contributed by atoms with Crippen LogP contribution in [0.5, 0.6) is 0 Å². The molecule has 0 unspecified atom stereocenters. The Morgan fingerprint density at radius 1 is 1.16 bits per heavy atom. The summed E-state index contributed by atoms with van der Waals surface area (Å²) in [6.45, 7) is 3.68. The Hall–Kier alpha value is -1.88. The first-order valence-corrected chi connectivity index (χ1v) is 6.43. The first-order valence-electron chi connectivity index (χ1n) is 5.63. The third-order valence-corrected chi connectivity index (χ3v) is 3.48. The van der Waals surface area contributed by atoms with E-state index in [2.05, 4.69) is 15.9 Å². The highest BCUT2D eigenvalue weighted by molar-refractivity contribution is 9.10. The van der Waals surface area contributed by atoms with Crippen molar-refractivity contribution in [3.05, 3.63) is 62.0 Å². The van der Waals surface area contributed by atoms with E-state index < -0.39 is 5.97 Å². The van der Waals surface area contributed by atoms with Gasteiger partial charge in [-0.15, -0.1) is 0 Å². The summed E-state index contributed by atoms with van der Waals surface area (Å²) in [6.07, 6.45) is 0. The monoisotopic (exact) mass is 321 g/mol. The van der Waals surface area contributed by atoms with Crippen LogP contribution in [0.1, 0.15) is 21.7 Å². The number of carbonyl (C=O) groups is 1. The Bertz CT molecular complexity index is 693. The molecule has 1 heterocycles. The van der Waals surface area contributed by atoms with Crippen LogP contribution in [0.3, 0.4) is 0 Å². The molecule has 98 valence electrons. The van der Waals surface area contributed by atoms with E-state index in [1.807, 2.05) is 18.4 Å². The number of carboxylic acid groups (broad SMARTS) is 1. The Balaban J connectivity index is 2.66. The van der Waals surface area contributed by atoms with Crippen LogP contribution in [0, 0.1) is 13.8 Å². The zero-order chi connectivity index (χ0) is 14.2. The van der Waals surface area contributed by atoms with E-state index in [9.17, 15) is 9.59 Å². The van der Waals surface area contributed by atoms with E-state index in [1.165, 1.54) is 0 Å². The average Bonchev–Trinajstić information content (AvgIpc) is 2.29. The van der Waals surface area contributed by atoms with Crippen LogP contribution in [-0.2, 0) is 0 Å². The van der Waals surface area contributed by atoms with Gasteiger partial charge in [0.05, 0.1) is 11.3 Å². The lowest BCUT2D eigenvalue weighted by molar-refractivity contribution is 0.0697. The van der Waals surface area contributed by atoms with Crippen LogP contribution < -0.4 is 5.43 Å². The van der Waals surface area contributed by atoms with Crippen LogP contribution >= 0.6 is 15.9 Å². The largest absolute Gasteiger partial charge is 0.478 e. The van der Waals surface area contributed by atoms with E-state index in [1.54, 1.807) is 30.3 Å². The topological polar surface area (TPSA) is 59.3 Å². The fraction of sp³-hybridized carbons (Fsp3) is 0.143. The second kappa shape index (κ2) is 5.01. The van der Waals surface area contributed by atoms with Crippen molar-refractivity contribution >= 4 is 21.9 Å². The van der Waals surface area contributed by atoms with Crippen molar-refractivity contribution in [2.24, 2.45) is 0 Å². The number of aromatic carboxylic acids is 1. The standard InChI is InChI=1S/C14H12BrNO3/c1-8-5-11(17)6-9(2)16(8)13-4-3-10(14(18)19)7-12(13)15/h3-7H,1-2H3,(H,18,19). The second-order valence-electron chi connectivity index (χ2n) is 4.28. The molecule has 0 spiro atoms. The van der Waals surface area contributed by atoms with Gasteiger partial charge < -0.3 is 9.67 Å². The van der Waals surface area contributed by atoms with E-state index in [0.717, 1.165) is 17.1 Å². The molecule has 0 fully saturated rings. The van der Waals surface area contributed by atoms with Crippen molar-refractivity contribution in [3.8, 4) is 5.69 Å². The molecule has 1 N–H and O–H groups in total. The molecule has 0 aliphatic carbocycles. The molecular weight excluding hydrogens is 310 g/mol. The van der Waals surface area contributed by atoms with Crippen LogP contribution in [-0.4, -0.2) is 15.6 Å². The van der Waals surface area contributed by atoms with E-state index >= 15 is 0 Å². The van der Waals surface area contributed by atoms with Crippen LogP contribution in [0.15, 0.2) is 39.6 Å². The van der Waals surface area contributed by atoms with Gasteiger partial charge in [0.2, 0.25) is 0 Å². The molecule has 0 saturated heterocycles. The number of carboxylic acids is 1. The van der Waals surface area contributed by atoms with Gasteiger partial charge in [-0.25, -0.2) is 4.79 Å². The molecule has 19 heavy (non-hydrogen) atoms. The summed E-state index contributed by atoms with van der Waals surface area (Å²) >= 11 is 3.38. The number of benzene rings is 1. The first kappa shape index (κ1) is 13.5. The average molecular weight is 322 g/mol. The van der Waals surface area contributed by atoms with Gasteiger partial charge in [0, 0.05) is 28.0 Å². The third-order valence-electron chi connectivity index (χ3n) is 2.84. The second-order valence-corrected chi connectivity index (χ2v) is 5.13. The van der Waals surface area contributed by atoms with E-state index in [0.29, 0.717) is 4.47 Å². The Kier molecular flexibility index (Phi) is 3.57. The summed E-state index contributed by atoms with van der Waals surface area (Å²) in [6, 6.07) is 7.90. The summed E-state index contributed by atoms with van der Waals surface area (Å²) in [5.74, 6) is -0.972. The lowest BCUT2D eigenvalue weighted by Gasteiger charge is -2.16. The highest BCUT2D eigenvalue weighted by atomic mass is 79.9.